The van der Waals surface area contributed by atoms with E-state index < -0.39 is 0 Å². The van der Waals surface area contributed by atoms with Gasteiger partial charge in [0.1, 0.15) is 11.5 Å². The van der Waals surface area contributed by atoms with Gasteiger partial charge in [-0.15, -0.1) is 0 Å². The lowest BCUT2D eigenvalue weighted by Gasteiger charge is -2.11. The standard InChI is InChI=1S/C19H19N3O2/c1-13-5-3-7-17(14(13)2)22-15-8-9-18(20-11-15)19(23)21-12-16-6-4-10-24-16/h3-11,22H,12H2,1-2H3,(H,21,23). The van der Waals surface area contributed by atoms with Crippen molar-refractivity contribution < 1.29 is 9.21 Å². The van der Waals surface area contributed by atoms with Gasteiger partial charge in [0, 0.05) is 5.69 Å². The summed E-state index contributed by atoms with van der Waals surface area (Å²) in [6.07, 6.45) is 3.23. The van der Waals surface area contributed by atoms with Crippen LogP contribution in [0.25, 0.3) is 0 Å². The molecule has 1 aromatic carbocycles. The van der Waals surface area contributed by atoms with Gasteiger partial charge in [-0.1, -0.05) is 12.1 Å². The van der Waals surface area contributed by atoms with E-state index in [1.165, 1.54) is 11.1 Å². The number of carbonyl (C=O) groups excluding carboxylic acids is 1. The molecule has 2 aromatic heterocycles. The van der Waals surface area contributed by atoms with Crippen molar-refractivity contribution in [2.24, 2.45) is 0 Å². The molecule has 0 aliphatic carbocycles. The van der Waals surface area contributed by atoms with Crippen molar-refractivity contribution in [3.63, 3.8) is 0 Å². The van der Waals surface area contributed by atoms with E-state index in [1.807, 2.05) is 24.3 Å². The summed E-state index contributed by atoms with van der Waals surface area (Å²) in [5.41, 5.74) is 4.66. The SMILES string of the molecule is Cc1cccc(Nc2ccc(C(=O)NCc3ccco3)nc2)c1C. The van der Waals surface area contributed by atoms with Gasteiger partial charge in [-0.05, 0) is 55.3 Å². The zero-order valence-corrected chi connectivity index (χ0v) is 13.7. The second kappa shape index (κ2) is 7.00. The number of hydrogen-bond donors (Lipinski definition) is 2. The molecule has 5 heteroatoms. The van der Waals surface area contributed by atoms with Gasteiger partial charge < -0.3 is 15.1 Å². The number of nitrogens with zero attached hydrogens (tertiary/aromatic N) is 1. The molecule has 0 radical (unpaired) electrons. The van der Waals surface area contributed by atoms with Crippen LogP contribution in [0, 0.1) is 13.8 Å². The first-order valence-electron chi connectivity index (χ1n) is 7.73. The van der Waals surface area contributed by atoms with Crippen LogP contribution in [0.3, 0.4) is 0 Å². The van der Waals surface area contributed by atoms with Crippen LogP contribution < -0.4 is 10.6 Å². The number of nitrogens with one attached hydrogen (secondary N) is 2. The van der Waals surface area contributed by atoms with Gasteiger partial charge in [0.05, 0.1) is 24.7 Å². The quantitative estimate of drug-likeness (QED) is 0.746. The second-order valence-corrected chi connectivity index (χ2v) is 5.57. The smallest absolute Gasteiger partial charge is 0.270 e. The molecule has 0 unspecified atom stereocenters. The molecule has 0 aliphatic rings. The average molecular weight is 321 g/mol. The molecule has 5 nitrogen and oxygen atoms in total. The minimum absolute atomic E-state index is 0.232. The lowest BCUT2D eigenvalue weighted by Crippen LogP contribution is -2.23. The van der Waals surface area contributed by atoms with Crippen molar-refractivity contribution in [3.05, 3.63) is 77.5 Å². The summed E-state index contributed by atoms with van der Waals surface area (Å²) < 4.78 is 5.18. The monoisotopic (exact) mass is 321 g/mol. The number of amides is 1. The Kier molecular flexibility index (Phi) is 4.61. The molecule has 0 bridgehead atoms. The van der Waals surface area contributed by atoms with Crippen molar-refractivity contribution in [2.45, 2.75) is 20.4 Å². The number of pyridine rings is 1. The Morgan fingerprint density at radius 2 is 2.00 bits per heavy atom. The van der Waals surface area contributed by atoms with Crippen LogP contribution in [0.4, 0.5) is 11.4 Å². The maximum absolute atomic E-state index is 12.1. The molecule has 0 spiro atoms. The van der Waals surface area contributed by atoms with Gasteiger partial charge in [-0.3, -0.25) is 4.79 Å². The number of aryl methyl sites for hydroxylation is 1. The number of benzene rings is 1. The Morgan fingerprint density at radius 3 is 2.71 bits per heavy atom. The van der Waals surface area contributed by atoms with Gasteiger partial charge in [0.25, 0.3) is 5.91 Å². The Bertz CT molecular complexity index is 824. The maximum Gasteiger partial charge on any atom is 0.270 e. The van der Waals surface area contributed by atoms with Gasteiger partial charge >= 0.3 is 0 Å². The summed E-state index contributed by atoms with van der Waals surface area (Å²) in [5.74, 6) is 0.473. The zero-order valence-electron chi connectivity index (χ0n) is 13.7. The second-order valence-electron chi connectivity index (χ2n) is 5.57. The molecule has 3 rings (SSSR count). The highest BCUT2D eigenvalue weighted by molar-refractivity contribution is 5.92. The van der Waals surface area contributed by atoms with Crippen molar-refractivity contribution in [3.8, 4) is 0 Å². The van der Waals surface area contributed by atoms with Crippen LogP contribution in [0.1, 0.15) is 27.4 Å². The molecule has 0 saturated heterocycles. The zero-order chi connectivity index (χ0) is 16.9. The van der Waals surface area contributed by atoms with Crippen molar-refractivity contribution in [2.75, 3.05) is 5.32 Å². The molecule has 0 fully saturated rings. The third kappa shape index (κ3) is 3.63. The summed E-state index contributed by atoms with van der Waals surface area (Å²) in [6.45, 7) is 4.49. The largest absolute Gasteiger partial charge is 0.467 e. The van der Waals surface area contributed by atoms with E-state index in [4.69, 9.17) is 4.42 Å². The minimum Gasteiger partial charge on any atom is -0.467 e. The Labute approximate surface area is 140 Å². The molecular weight excluding hydrogens is 302 g/mol. The minimum atomic E-state index is -0.232. The van der Waals surface area contributed by atoms with Crippen LogP contribution in [0.15, 0.2) is 59.3 Å². The molecular formula is C19H19N3O2. The predicted molar refractivity (Wildman–Crippen MR) is 93.3 cm³/mol. The lowest BCUT2D eigenvalue weighted by molar-refractivity contribution is 0.0943. The van der Waals surface area contributed by atoms with Crippen molar-refractivity contribution >= 4 is 17.3 Å². The normalized spacial score (nSPS) is 10.4. The van der Waals surface area contributed by atoms with E-state index in [0.717, 1.165) is 11.4 Å². The fourth-order valence-corrected chi connectivity index (χ4v) is 2.32. The lowest BCUT2D eigenvalue weighted by atomic mass is 10.1. The summed E-state index contributed by atoms with van der Waals surface area (Å²) in [4.78, 5) is 16.3. The highest BCUT2D eigenvalue weighted by Crippen LogP contribution is 2.22. The number of rotatable bonds is 5. The van der Waals surface area contributed by atoms with E-state index in [0.29, 0.717) is 18.0 Å². The third-order valence-corrected chi connectivity index (χ3v) is 3.88. The number of hydrogen-bond acceptors (Lipinski definition) is 4. The van der Waals surface area contributed by atoms with Crippen LogP contribution in [0.5, 0.6) is 0 Å². The van der Waals surface area contributed by atoms with E-state index in [2.05, 4.69) is 35.5 Å². The Morgan fingerprint density at radius 1 is 1.12 bits per heavy atom. The topological polar surface area (TPSA) is 67.2 Å². The summed E-state index contributed by atoms with van der Waals surface area (Å²) in [7, 11) is 0. The summed E-state index contributed by atoms with van der Waals surface area (Å²) >= 11 is 0. The van der Waals surface area contributed by atoms with Gasteiger partial charge in [0.2, 0.25) is 0 Å². The summed E-state index contributed by atoms with van der Waals surface area (Å²) in [5, 5.41) is 6.10. The molecule has 0 saturated carbocycles. The van der Waals surface area contributed by atoms with Gasteiger partial charge in [-0.25, -0.2) is 4.98 Å². The van der Waals surface area contributed by atoms with Crippen LogP contribution >= 0.6 is 0 Å². The summed E-state index contributed by atoms with van der Waals surface area (Å²) in [6, 6.07) is 13.2. The van der Waals surface area contributed by atoms with E-state index in [1.54, 1.807) is 24.6 Å². The van der Waals surface area contributed by atoms with Crippen molar-refractivity contribution in [1.29, 1.82) is 0 Å². The van der Waals surface area contributed by atoms with Crippen molar-refractivity contribution in [1.82, 2.24) is 10.3 Å². The molecule has 2 N–H and O–H groups in total. The number of aromatic nitrogens is 1. The fraction of sp³-hybridized carbons (Fsp3) is 0.158. The first-order chi connectivity index (χ1) is 11.6. The van der Waals surface area contributed by atoms with E-state index in [9.17, 15) is 4.79 Å². The first-order valence-corrected chi connectivity index (χ1v) is 7.73. The highest BCUT2D eigenvalue weighted by Gasteiger charge is 2.08. The van der Waals surface area contributed by atoms with E-state index >= 15 is 0 Å². The molecule has 122 valence electrons. The molecule has 0 atom stereocenters. The average Bonchev–Trinajstić information content (AvgIpc) is 3.11. The number of furan rings is 1. The highest BCUT2D eigenvalue weighted by atomic mass is 16.3. The van der Waals surface area contributed by atoms with Crippen LogP contribution in [-0.2, 0) is 6.54 Å². The van der Waals surface area contributed by atoms with Gasteiger partial charge in [0.15, 0.2) is 0 Å². The van der Waals surface area contributed by atoms with E-state index in [-0.39, 0.29) is 5.91 Å². The molecule has 1 amide bonds. The Balaban J connectivity index is 1.64. The maximum atomic E-state index is 12.1. The third-order valence-electron chi connectivity index (χ3n) is 3.88. The van der Waals surface area contributed by atoms with Gasteiger partial charge in [-0.2, -0.15) is 0 Å². The fourth-order valence-electron chi connectivity index (χ4n) is 2.32. The molecule has 2 heterocycles. The number of carbonyl (C=O) groups is 1. The predicted octanol–water partition coefficient (Wildman–Crippen LogP) is 3.97. The molecule has 0 aliphatic heterocycles. The van der Waals surface area contributed by atoms with Crippen LogP contribution in [-0.4, -0.2) is 10.9 Å². The Hall–Kier alpha value is -3.08. The molecule has 3 aromatic rings. The van der Waals surface area contributed by atoms with Crippen LogP contribution in [0.2, 0.25) is 0 Å². The first kappa shape index (κ1) is 15.8. The molecule has 24 heavy (non-hydrogen) atoms. The number of anilines is 2.